The number of hydrogen-bond acceptors (Lipinski definition) is 3. The minimum Gasteiger partial charge on any atom is -0.444 e. The van der Waals surface area contributed by atoms with Crippen molar-refractivity contribution in [2.24, 2.45) is 5.11 Å². The second kappa shape index (κ2) is 4.93. The summed E-state index contributed by atoms with van der Waals surface area (Å²) >= 11 is 0. The van der Waals surface area contributed by atoms with Crippen molar-refractivity contribution in [2.75, 3.05) is 6.54 Å². The fraction of sp³-hybridized carbons (Fsp3) is 0.923. The Labute approximate surface area is 113 Å². The minimum atomic E-state index is -0.493. The maximum Gasteiger partial charge on any atom is 0.410 e. The Kier molecular flexibility index (Phi) is 3.63. The number of ether oxygens (including phenoxy) is 1. The van der Waals surface area contributed by atoms with E-state index >= 15 is 0 Å². The van der Waals surface area contributed by atoms with Crippen LogP contribution in [0.4, 0.5) is 4.79 Å². The highest BCUT2D eigenvalue weighted by molar-refractivity contribution is 5.70. The molecule has 19 heavy (non-hydrogen) atoms. The molecular weight excluding hydrogens is 244 g/mol. The standard InChI is InChI=1S/C13H22N4O2/c1-12(2,3)19-11(18)17-9-10(15-16-14)8-13(17)6-4-5-7-13/h10H,4-9H2,1-3H3. The van der Waals surface area contributed by atoms with Crippen molar-refractivity contribution in [1.29, 1.82) is 0 Å². The molecule has 2 fully saturated rings. The monoisotopic (exact) mass is 266 g/mol. The molecule has 0 N–H and O–H groups in total. The van der Waals surface area contributed by atoms with Crippen molar-refractivity contribution < 1.29 is 9.53 Å². The average Bonchev–Trinajstić information content (AvgIpc) is 2.86. The number of azide groups is 1. The first-order chi connectivity index (χ1) is 8.86. The molecule has 1 spiro atoms. The molecule has 1 saturated heterocycles. The molecule has 1 atom stereocenters. The van der Waals surface area contributed by atoms with E-state index in [2.05, 4.69) is 10.0 Å². The maximum absolute atomic E-state index is 12.3. The molecule has 1 aliphatic carbocycles. The quantitative estimate of drug-likeness (QED) is 0.413. The highest BCUT2D eigenvalue weighted by atomic mass is 16.6. The van der Waals surface area contributed by atoms with E-state index in [-0.39, 0.29) is 17.7 Å². The van der Waals surface area contributed by atoms with E-state index in [1.54, 1.807) is 0 Å². The summed E-state index contributed by atoms with van der Waals surface area (Å²) in [6, 6.07) is -0.115. The zero-order valence-corrected chi connectivity index (χ0v) is 11.9. The van der Waals surface area contributed by atoms with Gasteiger partial charge < -0.3 is 9.64 Å². The average molecular weight is 266 g/mol. The van der Waals surface area contributed by atoms with Crippen LogP contribution in [-0.2, 0) is 4.74 Å². The summed E-state index contributed by atoms with van der Waals surface area (Å²) in [5, 5.41) is 3.80. The lowest BCUT2D eigenvalue weighted by atomic mass is 9.93. The molecule has 1 aliphatic heterocycles. The van der Waals surface area contributed by atoms with Gasteiger partial charge in [-0.1, -0.05) is 18.0 Å². The summed E-state index contributed by atoms with van der Waals surface area (Å²) in [4.78, 5) is 17.0. The van der Waals surface area contributed by atoms with Crippen LogP contribution in [0.2, 0.25) is 0 Å². The van der Waals surface area contributed by atoms with Gasteiger partial charge in [0, 0.05) is 17.0 Å². The first-order valence-electron chi connectivity index (χ1n) is 6.91. The third-order valence-corrected chi connectivity index (χ3v) is 3.94. The molecule has 0 aromatic heterocycles. The predicted molar refractivity (Wildman–Crippen MR) is 71.7 cm³/mol. The Morgan fingerprint density at radius 1 is 1.42 bits per heavy atom. The SMILES string of the molecule is CC(C)(C)OC(=O)N1CC(N=[N+]=[N-])CC12CCCC2. The first kappa shape index (κ1) is 14.0. The molecule has 6 nitrogen and oxygen atoms in total. The fourth-order valence-corrected chi connectivity index (χ4v) is 3.26. The summed E-state index contributed by atoms with van der Waals surface area (Å²) in [5.74, 6) is 0. The first-order valence-corrected chi connectivity index (χ1v) is 6.91. The number of hydrogen-bond donors (Lipinski definition) is 0. The van der Waals surface area contributed by atoms with Crippen molar-refractivity contribution in [3.05, 3.63) is 10.4 Å². The summed E-state index contributed by atoms with van der Waals surface area (Å²) in [7, 11) is 0. The van der Waals surface area contributed by atoms with Crippen molar-refractivity contribution in [3.63, 3.8) is 0 Å². The topological polar surface area (TPSA) is 78.3 Å². The molecular formula is C13H22N4O2. The highest BCUT2D eigenvalue weighted by Crippen LogP contribution is 2.44. The molecule has 1 unspecified atom stereocenters. The van der Waals surface area contributed by atoms with Crippen LogP contribution < -0.4 is 0 Å². The third-order valence-electron chi connectivity index (χ3n) is 3.94. The van der Waals surface area contributed by atoms with Gasteiger partial charge in [-0.15, -0.1) is 0 Å². The van der Waals surface area contributed by atoms with Gasteiger partial charge in [0.05, 0.1) is 6.04 Å². The van der Waals surface area contributed by atoms with Gasteiger partial charge in [0.2, 0.25) is 0 Å². The van der Waals surface area contributed by atoms with Crippen LogP contribution in [0.25, 0.3) is 10.4 Å². The molecule has 1 saturated carbocycles. The highest BCUT2D eigenvalue weighted by Gasteiger charge is 2.50. The lowest BCUT2D eigenvalue weighted by Gasteiger charge is -2.36. The van der Waals surface area contributed by atoms with E-state index in [1.807, 2.05) is 25.7 Å². The molecule has 1 heterocycles. The van der Waals surface area contributed by atoms with Gasteiger partial charge in [-0.2, -0.15) is 0 Å². The Balaban J connectivity index is 2.16. The lowest BCUT2D eigenvalue weighted by Crippen LogP contribution is -2.47. The number of carbonyl (C=O) groups excluding carboxylic acids is 1. The molecule has 106 valence electrons. The van der Waals surface area contributed by atoms with Crippen LogP contribution in [0.15, 0.2) is 5.11 Å². The van der Waals surface area contributed by atoms with Gasteiger partial charge in [0.25, 0.3) is 0 Å². The van der Waals surface area contributed by atoms with Gasteiger partial charge in [-0.05, 0) is 45.6 Å². The van der Waals surface area contributed by atoms with Crippen molar-refractivity contribution in [1.82, 2.24) is 4.90 Å². The number of nitrogens with zero attached hydrogens (tertiary/aromatic N) is 4. The molecule has 0 bridgehead atoms. The Hall–Kier alpha value is -1.42. The van der Waals surface area contributed by atoms with Crippen molar-refractivity contribution in [2.45, 2.75) is 70.1 Å². The number of rotatable bonds is 1. The molecule has 1 amide bonds. The van der Waals surface area contributed by atoms with E-state index in [1.165, 1.54) is 0 Å². The Morgan fingerprint density at radius 3 is 2.58 bits per heavy atom. The molecule has 0 radical (unpaired) electrons. The van der Waals surface area contributed by atoms with E-state index in [9.17, 15) is 4.79 Å². The van der Waals surface area contributed by atoms with E-state index < -0.39 is 5.60 Å². The zero-order chi connectivity index (χ0) is 14.1. The second-order valence-corrected chi connectivity index (χ2v) is 6.59. The smallest absolute Gasteiger partial charge is 0.410 e. The van der Waals surface area contributed by atoms with E-state index in [0.29, 0.717) is 6.54 Å². The molecule has 2 rings (SSSR count). The molecule has 0 aromatic carbocycles. The molecule has 6 heteroatoms. The summed E-state index contributed by atoms with van der Waals surface area (Å²) in [6.45, 7) is 6.09. The minimum absolute atomic E-state index is 0.115. The van der Waals surface area contributed by atoms with Crippen LogP contribution in [0.1, 0.15) is 52.9 Å². The van der Waals surface area contributed by atoms with Crippen LogP contribution in [-0.4, -0.2) is 34.7 Å². The Bertz CT molecular complexity index is 403. The maximum atomic E-state index is 12.3. The van der Waals surface area contributed by atoms with Crippen LogP contribution in [0, 0.1) is 0 Å². The number of likely N-dealkylation sites (tertiary alicyclic amines) is 1. The predicted octanol–water partition coefficient (Wildman–Crippen LogP) is 3.62. The van der Waals surface area contributed by atoms with Gasteiger partial charge in [0.1, 0.15) is 5.60 Å². The van der Waals surface area contributed by atoms with Gasteiger partial charge in [-0.3, -0.25) is 0 Å². The fourth-order valence-electron chi connectivity index (χ4n) is 3.26. The van der Waals surface area contributed by atoms with Gasteiger partial charge >= 0.3 is 6.09 Å². The zero-order valence-electron chi connectivity index (χ0n) is 11.9. The Morgan fingerprint density at radius 2 is 2.05 bits per heavy atom. The van der Waals surface area contributed by atoms with E-state index in [0.717, 1.165) is 32.1 Å². The van der Waals surface area contributed by atoms with Crippen LogP contribution in [0.3, 0.4) is 0 Å². The normalized spacial score (nSPS) is 25.4. The molecule has 0 aromatic rings. The van der Waals surface area contributed by atoms with Gasteiger partial charge in [0.15, 0.2) is 0 Å². The lowest BCUT2D eigenvalue weighted by molar-refractivity contribution is 0.00873. The number of carbonyl (C=O) groups is 1. The summed E-state index contributed by atoms with van der Waals surface area (Å²) < 4.78 is 5.49. The molecule has 2 aliphatic rings. The van der Waals surface area contributed by atoms with Crippen molar-refractivity contribution in [3.8, 4) is 0 Å². The summed E-state index contributed by atoms with van der Waals surface area (Å²) in [5.41, 5.74) is 7.96. The van der Waals surface area contributed by atoms with Crippen molar-refractivity contribution >= 4 is 6.09 Å². The van der Waals surface area contributed by atoms with Gasteiger partial charge in [-0.25, -0.2) is 4.79 Å². The van der Waals surface area contributed by atoms with E-state index in [4.69, 9.17) is 10.3 Å². The largest absolute Gasteiger partial charge is 0.444 e. The van der Waals surface area contributed by atoms with Crippen LogP contribution in [0.5, 0.6) is 0 Å². The van der Waals surface area contributed by atoms with Crippen LogP contribution >= 0.6 is 0 Å². The second-order valence-electron chi connectivity index (χ2n) is 6.59. The summed E-state index contributed by atoms with van der Waals surface area (Å²) in [6.07, 6.45) is 4.74. The number of amides is 1. The third kappa shape index (κ3) is 2.95.